The highest BCUT2D eigenvalue weighted by atomic mass is 19.1. The molecule has 3 rings (SSSR count). The molecule has 0 fully saturated rings. The van der Waals surface area contributed by atoms with Gasteiger partial charge in [-0.25, -0.2) is 4.39 Å². The number of ether oxygens (including phenoxy) is 1. The summed E-state index contributed by atoms with van der Waals surface area (Å²) < 4.78 is 73.3. The van der Waals surface area contributed by atoms with Crippen molar-refractivity contribution < 1.29 is 23.5 Å². The van der Waals surface area contributed by atoms with Gasteiger partial charge in [0, 0.05) is 48.7 Å². The number of hydrogen-bond donors (Lipinski definition) is 1. The summed E-state index contributed by atoms with van der Waals surface area (Å²) in [5.41, 5.74) is 1.51. The number of halogens is 1. The van der Waals surface area contributed by atoms with E-state index in [-0.39, 0.29) is 28.1 Å². The number of nitrogens with zero attached hydrogens (tertiary/aromatic N) is 3. The topological polar surface area (TPSA) is 78.2 Å². The van der Waals surface area contributed by atoms with Crippen LogP contribution in [0.5, 0.6) is 5.75 Å². The van der Waals surface area contributed by atoms with Crippen LogP contribution in [0.1, 0.15) is 33.1 Å². The van der Waals surface area contributed by atoms with Crippen LogP contribution in [-0.2, 0) is 11.2 Å². The van der Waals surface area contributed by atoms with Crippen LogP contribution in [0.25, 0.3) is 10.9 Å². The van der Waals surface area contributed by atoms with E-state index in [2.05, 4.69) is 10.3 Å². The third-order valence-electron chi connectivity index (χ3n) is 4.73. The molecule has 0 spiro atoms. The van der Waals surface area contributed by atoms with Crippen molar-refractivity contribution in [1.82, 2.24) is 9.88 Å². The second kappa shape index (κ2) is 10.7. The predicted molar refractivity (Wildman–Crippen MR) is 128 cm³/mol. The number of nitrogens with one attached hydrogen (secondary N) is 1. The number of likely N-dealkylation sites (N-methyl/N-ethyl adjacent to an activating group) is 1. The van der Waals surface area contributed by atoms with Crippen molar-refractivity contribution >= 4 is 28.1 Å². The molecule has 170 valence electrons. The number of carbonyl (C=O) groups is 1. The second-order valence-electron chi connectivity index (χ2n) is 7.43. The van der Waals surface area contributed by atoms with E-state index in [1.54, 1.807) is 13.0 Å². The summed E-state index contributed by atoms with van der Waals surface area (Å²) in [7, 11) is 3.00. The number of anilines is 2. The highest BCUT2D eigenvalue weighted by Crippen LogP contribution is 2.34. The molecule has 0 saturated carbocycles. The van der Waals surface area contributed by atoms with Gasteiger partial charge >= 0.3 is 0 Å². The van der Waals surface area contributed by atoms with E-state index in [0.717, 1.165) is 12.2 Å². The number of rotatable bonds is 9. The van der Waals surface area contributed by atoms with Gasteiger partial charge in [0.1, 0.15) is 17.6 Å². The molecular weight excluding hydrogens is 419 g/mol. The van der Waals surface area contributed by atoms with E-state index in [1.807, 2.05) is 6.07 Å². The predicted octanol–water partition coefficient (Wildman–Crippen LogP) is 4.93. The number of aromatic nitrogens is 1. The number of allylic oxidation sites excluding steroid dienone is 1. The number of nitriles is 1. The molecule has 1 N–H and O–H groups in total. The summed E-state index contributed by atoms with van der Waals surface area (Å²) in [5.74, 6) is -1.24. The summed E-state index contributed by atoms with van der Waals surface area (Å²) in [6, 6.07) is 9.01. The lowest BCUT2D eigenvalue weighted by molar-refractivity contribution is -0.114. The van der Waals surface area contributed by atoms with E-state index in [0.29, 0.717) is 16.6 Å². The molecule has 0 atom stereocenters. The Kier molecular flexibility index (Phi) is 5.17. The number of pyridine rings is 1. The Bertz CT molecular complexity index is 1520. The van der Waals surface area contributed by atoms with E-state index < -0.39 is 37.9 Å². The van der Waals surface area contributed by atoms with Gasteiger partial charge in [0.25, 0.3) is 0 Å². The third kappa shape index (κ3) is 5.93. The van der Waals surface area contributed by atoms with Gasteiger partial charge in [-0.15, -0.1) is 0 Å². The molecule has 1 aromatic heterocycles. The smallest absolute Gasteiger partial charge is 0.159 e. The number of fused-ring (bicyclic) bond motifs is 1. The molecule has 0 unspecified atom stereocenters. The van der Waals surface area contributed by atoms with Gasteiger partial charge in [0.15, 0.2) is 5.78 Å². The first-order valence-corrected chi connectivity index (χ1v) is 9.92. The van der Waals surface area contributed by atoms with Crippen LogP contribution in [0.15, 0.2) is 48.7 Å². The molecule has 0 bridgehead atoms. The highest BCUT2D eigenvalue weighted by molar-refractivity contribution is 5.98. The Morgan fingerprint density at radius 3 is 2.91 bits per heavy atom. The van der Waals surface area contributed by atoms with Crippen LogP contribution >= 0.6 is 0 Å². The molecule has 0 aliphatic heterocycles. The number of ketones is 1. The highest BCUT2D eigenvalue weighted by Gasteiger charge is 2.16. The fraction of sp³-hybridized carbons (Fsp3) is 0.269. The first kappa shape index (κ1) is 15.9. The van der Waals surface area contributed by atoms with Gasteiger partial charge in [-0.2, -0.15) is 5.26 Å². The second-order valence-corrected chi connectivity index (χ2v) is 7.43. The van der Waals surface area contributed by atoms with Crippen molar-refractivity contribution in [3.63, 3.8) is 0 Å². The standard InChI is InChI=1S/C26H27FN4O2/c1-5-33-25-14-24-22(13-18(25)12-21(32)7-6-10-31(3)4)26(19(15-28)16-29-24)30-20-8-9-23(27)17(2)11-20/h6-9,11,13-14,16H,5,10,12H2,1-4H3,(H,29,30)/b7-6+/i1D3,5D2,10D2. The molecule has 1 heterocycles. The van der Waals surface area contributed by atoms with Crippen molar-refractivity contribution in [2.24, 2.45) is 0 Å². The fourth-order valence-electron chi connectivity index (χ4n) is 3.16. The van der Waals surface area contributed by atoms with Gasteiger partial charge in [-0.1, -0.05) is 6.08 Å². The molecule has 33 heavy (non-hydrogen) atoms. The molecule has 0 radical (unpaired) electrons. The molecule has 6 nitrogen and oxygen atoms in total. The average molecular weight is 454 g/mol. The number of aryl methyl sites for hydroxylation is 1. The van der Waals surface area contributed by atoms with Crippen molar-refractivity contribution in [1.29, 1.82) is 5.26 Å². The zero-order chi connectivity index (χ0) is 30.0. The van der Waals surface area contributed by atoms with Gasteiger partial charge in [-0.3, -0.25) is 9.78 Å². The van der Waals surface area contributed by atoms with E-state index in [1.165, 1.54) is 49.5 Å². The zero-order valence-electron chi connectivity index (χ0n) is 25.4. The normalized spacial score (nSPS) is 15.6. The molecule has 0 amide bonds. The number of hydrogen-bond acceptors (Lipinski definition) is 6. The molecule has 0 saturated heterocycles. The Balaban J connectivity index is 2.18. The summed E-state index contributed by atoms with van der Waals surface area (Å²) in [4.78, 5) is 18.3. The maximum atomic E-state index is 13.8. The lowest BCUT2D eigenvalue weighted by Gasteiger charge is -2.15. The maximum absolute atomic E-state index is 13.8. The van der Waals surface area contributed by atoms with Gasteiger partial charge < -0.3 is 15.0 Å². The van der Waals surface area contributed by atoms with E-state index in [4.69, 9.17) is 14.3 Å². The van der Waals surface area contributed by atoms with Crippen LogP contribution in [0, 0.1) is 24.1 Å². The molecule has 7 heteroatoms. The van der Waals surface area contributed by atoms with Crippen LogP contribution < -0.4 is 10.1 Å². The molecule has 0 aliphatic rings. The first-order valence-electron chi connectivity index (χ1n) is 13.4. The lowest BCUT2D eigenvalue weighted by atomic mass is 10.0. The summed E-state index contributed by atoms with van der Waals surface area (Å²) in [6.45, 7) is -6.62. The van der Waals surface area contributed by atoms with E-state index in [9.17, 15) is 14.4 Å². The number of carbonyl (C=O) groups excluding carboxylic acids is 1. The first-order chi connectivity index (χ1) is 18.4. The van der Waals surface area contributed by atoms with Crippen LogP contribution in [0.3, 0.4) is 0 Å². The Labute approximate surface area is 203 Å². The Morgan fingerprint density at radius 1 is 1.39 bits per heavy atom. The summed E-state index contributed by atoms with van der Waals surface area (Å²) >= 11 is 0. The van der Waals surface area contributed by atoms with E-state index >= 15 is 0 Å². The van der Waals surface area contributed by atoms with Crippen LogP contribution in [0.2, 0.25) is 0 Å². The minimum Gasteiger partial charge on any atom is -0.494 e. The minimum absolute atomic E-state index is 0.0796. The zero-order valence-corrected chi connectivity index (χ0v) is 18.4. The quantitative estimate of drug-likeness (QED) is 0.463. The monoisotopic (exact) mass is 453 g/mol. The van der Waals surface area contributed by atoms with Crippen LogP contribution in [-0.4, -0.2) is 42.8 Å². The van der Waals surface area contributed by atoms with Gasteiger partial charge in [-0.05, 0) is 63.8 Å². The van der Waals surface area contributed by atoms with Crippen molar-refractivity contribution in [3.8, 4) is 11.8 Å². The van der Waals surface area contributed by atoms with Crippen molar-refractivity contribution in [2.75, 3.05) is 32.5 Å². The molecule has 0 aliphatic carbocycles. The van der Waals surface area contributed by atoms with Crippen molar-refractivity contribution in [3.05, 3.63) is 71.2 Å². The molecular formula is C26H27FN4O2. The minimum atomic E-state index is -3.16. The maximum Gasteiger partial charge on any atom is 0.159 e. The third-order valence-corrected chi connectivity index (χ3v) is 4.73. The van der Waals surface area contributed by atoms with Crippen molar-refractivity contribution in [2.45, 2.75) is 20.2 Å². The molecule has 2 aromatic carbocycles. The SMILES string of the molecule is [2H]C([2H])(/C=C/C(=O)Cc1cc2c(Nc3ccc(F)c(C)c3)c(C#N)cnc2cc1OC([2H])([2H])C([2H])([2H])[2H])N(C)C. The largest absolute Gasteiger partial charge is 0.494 e. The lowest BCUT2D eigenvalue weighted by Crippen LogP contribution is -2.11. The van der Waals surface area contributed by atoms with Gasteiger partial charge in [0.2, 0.25) is 0 Å². The average Bonchev–Trinajstić information content (AvgIpc) is 2.85. The molecule has 3 aromatic rings. The summed E-state index contributed by atoms with van der Waals surface area (Å²) in [6.07, 6.45) is 2.96. The van der Waals surface area contributed by atoms with Crippen LogP contribution in [0.4, 0.5) is 15.8 Å². The summed E-state index contributed by atoms with van der Waals surface area (Å²) in [5, 5.41) is 13.1. The Morgan fingerprint density at radius 2 is 2.21 bits per heavy atom. The fourth-order valence-corrected chi connectivity index (χ4v) is 3.16. The van der Waals surface area contributed by atoms with Gasteiger partial charge in [0.05, 0.1) is 26.1 Å². The number of benzene rings is 2. The Hall–Kier alpha value is -3.76.